The highest BCUT2D eigenvalue weighted by Crippen LogP contribution is 1.85. The predicted octanol–water partition coefficient (Wildman–Crippen LogP) is 1.00. The number of halogens is 1. The third-order valence-corrected chi connectivity index (χ3v) is 1.02. The summed E-state index contributed by atoms with van der Waals surface area (Å²) in [5.41, 5.74) is 0. The molecule has 0 aromatic carbocycles. The second-order valence-corrected chi connectivity index (χ2v) is 2.58. The second kappa shape index (κ2) is 8.49. The first-order chi connectivity index (χ1) is 5.40. The van der Waals surface area contributed by atoms with Crippen LogP contribution in [0.15, 0.2) is 0 Å². The van der Waals surface area contributed by atoms with Gasteiger partial charge in [-0.2, -0.15) is 0 Å². The van der Waals surface area contributed by atoms with Crippen LogP contribution in [0.5, 0.6) is 0 Å². The first kappa shape index (κ1) is 13.9. The smallest absolute Gasteiger partial charge is 0.305 e. The molecule has 0 fully saturated rings. The van der Waals surface area contributed by atoms with Crippen LogP contribution in [-0.2, 0) is 9.59 Å². The maximum atomic E-state index is 9.65. The van der Waals surface area contributed by atoms with Crippen molar-refractivity contribution in [1.82, 2.24) is 0 Å². The van der Waals surface area contributed by atoms with Gasteiger partial charge in [0, 0.05) is 6.42 Å². The first-order valence-corrected chi connectivity index (χ1v) is 3.86. The van der Waals surface area contributed by atoms with E-state index in [1.54, 1.807) is 6.92 Å². The fourth-order valence-corrected chi connectivity index (χ4v) is 0.253. The quantitative estimate of drug-likeness (QED) is 0.661. The van der Waals surface area contributed by atoms with E-state index in [-0.39, 0.29) is 11.7 Å². The summed E-state index contributed by atoms with van der Waals surface area (Å²) in [6, 6.07) is 0. The van der Waals surface area contributed by atoms with Gasteiger partial charge in [-0.3, -0.25) is 9.59 Å². The molecule has 0 aliphatic carbocycles. The fourth-order valence-electron chi connectivity index (χ4n) is 0.253. The largest absolute Gasteiger partial charge is 0.481 e. The van der Waals surface area contributed by atoms with Gasteiger partial charge >= 0.3 is 5.97 Å². The summed E-state index contributed by atoms with van der Waals surface area (Å²) in [5.74, 6) is -0.963. The third kappa shape index (κ3) is 22.8. The molecule has 1 unspecified atom stereocenters. The lowest BCUT2D eigenvalue weighted by atomic mass is 10.3. The van der Waals surface area contributed by atoms with Gasteiger partial charge in [0.2, 0.25) is 5.24 Å². The maximum absolute atomic E-state index is 9.65. The van der Waals surface area contributed by atoms with E-state index in [0.29, 0.717) is 6.42 Å². The van der Waals surface area contributed by atoms with E-state index in [4.69, 9.17) is 21.8 Å². The zero-order chi connectivity index (χ0) is 10.1. The van der Waals surface area contributed by atoms with Crippen LogP contribution in [0.2, 0.25) is 0 Å². The van der Waals surface area contributed by atoms with E-state index in [1.807, 2.05) is 0 Å². The van der Waals surface area contributed by atoms with Crippen molar-refractivity contribution in [1.29, 1.82) is 0 Å². The van der Waals surface area contributed by atoms with Crippen molar-refractivity contribution < 1.29 is 19.8 Å². The number of carboxylic acid groups (broad SMARTS) is 1. The maximum Gasteiger partial charge on any atom is 0.305 e. The summed E-state index contributed by atoms with van der Waals surface area (Å²) in [4.78, 5) is 19.2. The van der Waals surface area contributed by atoms with Gasteiger partial charge in [-0.05, 0) is 18.5 Å². The van der Waals surface area contributed by atoms with Crippen LogP contribution in [0.1, 0.15) is 26.7 Å². The highest BCUT2D eigenvalue weighted by Gasteiger charge is 2.00. The molecule has 0 radical (unpaired) electrons. The summed E-state index contributed by atoms with van der Waals surface area (Å²) in [6.07, 6.45) is -0.459. The molecule has 0 rings (SSSR count). The zero-order valence-electron chi connectivity index (χ0n) is 7.08. The Balaban J connectivity index is 0. The van der Waals surface area contributed by atoms with Crippen LogP contribution in [-0.4, -0.2) is 27.5 Å². The van der Waals surface area contributed by atoms with Crippen molar-refractivity contribution in [2.24, 2.45) is 0 Å². The average molecular weight is 197 g/mol. The molecule has 2 N–H and O–H groups in total. The van der Waals surface area contributed by atoms with Crippen molar-refractivity contribution in [3.8, 4) is 0 Å². The van der Waals surface area contributed by atoms with Gasteiger partial charge in [0.1, 0.15) is 0 Å². The highest BCUT2D eigenvalue weighted by molar-refractivity contribution is 6.63. The minimum absolute atomic E-state index is 0.167. The number of aliphatic hydroxyl groups excluding tert-OH is 1. The molecule has 72 valence electrons. The molecule has 0 saturated heterocycles. The summed E-state index contributed by atoms with van der Waals surface area (Å²) < 4.78 is 0. The molecular weight excluding hydrogens is 184 g/mol. The first-order valence-electron chi connectivity index (χ1n) is 3.48. The number of hydrogen-bond donors (Lipinski definition) is 2. The van der Waals surface area contributed by atoms with Crippen LogP contribution < -0.4 is 0 Å². The van der Waals surface area contributed by atoms with E-state index in [0.717, 1.165) is 0 Å². The fraction of sp³-hybridized carbons (Fsp3) is 0.714. The van der Waals surface area contributed by atoms with Crippen LogP contribution >= 0.6 is 11.6 Å². The monoisotopic (exact) mass is 196 g/mol. The normalized spacial score (nSPS) is 11.0. The topological polar surface area (TPSA) is 74.6 Å². The molecule has 0 aliphatic rings. The molecule has 0 saturated carbocycles. The van der Waals surface area contributed by atoms with Crippen LogP contribution in [0.4, 0.5) is 0 Å². The Bertz CT molecular complexity index is 144. The third-order valence-electron chi connectivity index (χ3n) is 0.748. The lowest BCUT2D eigenvalue weighted by molar-refractivity contribution is -0.138. The standard InChI is InChI=1S/C4H8O3.C3H5ClO/c1-3(5)2-4(6)7;1-2-3(4)5/h3,5H,2H2,1H3,(H,6,7);2H2,1H3. The summed E-state index contributed by atoms with van der Waals surface area (Å²) in [6.45, 7) is 3.16. The minimum Gasteiger partial charge on any atom is -0.481 e. The highest BCUT2D eigenvalue weighted by atomic mass is 35.5. The van der Waals surface area contributed by atoms with Crippen molar-refractivity contribution >= 4 is 22.8 Å². The van der Waals surface area contributed by atoms with Crippen molar-refractivity contribution in [2.45, 2.75) is 32.8 Å². The Morgan fingerprint density at radius 2 is 1.83 bits per heavy atom. The second-order valence-electron chi connectivity index (χ2n) is 2.16. The van der Waals surface area contributed by atoms with Gasteiger partial charge < -0.3 is 10.2 Å². The average Bonchev–Trinajstić information content (AvgIpc) is 1.85. The number of aliphatic carboxylic acids is 1. The number of carbonyl (C=O) groups is 2. The SMILES string of the molecule is CC(O)CC(=O)O.CCC(=O)Cl. The lowest BCUT2D eigenvalue weighted by Crippen LogP contribution is -2.07. The molecule has 1 atom stereocenters. The summed E-state index contributed by atoms with van der Waals surface area (Å²) in [5, 5.41) is 16.0. The van der Waals surface area contributed by atoms with Crippen molar-refractivity contribution in [3.05, 3.63) is 0 Å². The summed E-state index contributed by atoms with van der Waals surface area (Å²) >= 11 is 4.82. The van der Waals surface area contributed by atoms with E-state index >= 15 is 0 Å². The Morgan fingerprint density at radius 1 is 1.50 bits per heavy atom. The van der Waals surface area contributed by atoms with E-state index in [1.165, 1.54) is 6.92 Å². The van der Waals surface area contributed by atoms with Gasteiger partial charge in [-0.1, -0.05) is 6.92 Å². The molecule has 0 aliphatic heterocycles. The van der Waals surface area contributed by atoms with E-state index in [9.17, 15) is 9.59 Å². The molecule has 5 heteroatoms. The molecule has 0 aromatic rings. The molecule has 4 nitrogen and oxygen atoms in total. The molecule has 0 spiro atoms. The number of carbonyl (C=O) groups excluding carboxylic acids is 1. The van der Waals surface area contributed by atoms with Gasteiger partial charge in [0.25, 0.3) is 0 Å². The summed E-state index contributed by atoms with van der Waals surface area (Å²) in [7, 11) is 0. The zero-order valence-corrected chi connectivity index (χ0v) is 7.84. The number of rotatable bonds is 3. The van der Waals surface area contributed by atoms with Crippen molar-refractivity contribution in [3.63, 3.8) is 0 Å². The van der Waals surface area contributed by atoms with Gasteiger partial charge in [-0.25, -0.2) is 0 Å². The van der Waals surface area contributed by atoms with Crippen LogP contribution in [0.3, 0.4) is 0 Å². The molecule has 0 heterocycles. The number of hydrogen-bond acceptors (Lipinski definition) is 3. The predicted molar refractivity (Wildman–Crippen MR) is 45.1 cm³/mol. The lowest BCUT2D eigenvalue weighted by Gasteiger charge is -1.94. The Hall–Kier alpha value is -0.610. The number of carboxylic acids is 1. The molecule has 0 amide bonds. The van der Waals surface area contributed by atoms with Gasteiger partial charge in [-0.15, -0.1) is 0 Å². The number of aliphatic hydroxyl groups is 1. The molecular formula is C7H13ClO4. The Kier molecular flexibility index (Phi) is 9.86. The molecule has 0 aromatic heterocycles. The van der Waals surface area contributed by atoms with Gasteiger partial charge in [0.15, 0.2) is 0 Å². The Labute approximate surface area is 76.1 Å². The molecule has 12 heavy (non-hydrogen) atoms. The van der Waals surface area contributed by atoms with Crippen LogP contribution in [0.25, 0.3) is 0 Å². The van der Waals surface area contributed by atoms with Gasteiger partial charge in [0.05, 0.1) is 12.5 Å². The van der Waals surface area contributed by atoms with E-state index in [2.05, 4.69) is 0 Å². The molecule has 0 bridgehead atoms. The van der Waals surface area contributed by atoms with Crippen LogP contribution in [0, 0.1) is 0 Å². The Morgan fingerprint density at radius 3 is 1.83 bits per heavy atom. The van der Waals surface area contributed by atoms with Crippen molar-refractivity contribution in [2.75, 3.05) is 0 Å². The van der Waals surface area contributed by atoms with E-state index < -0.39 is 12.1 Å². The minimum atomic E-state index is -0.963.